The second-order valence-electron chi connectivity index (χ2n) is 5.62. The van der Waals surface area contributed by atoms with Crippen LogP contribution in [0.25, 0.3) is 0 Å². The Morgan fingerprint density at radius 2 is 2.04 bits per heavy atom. The van der Waals surface area contributed by atoms with E-state index in [1.54, 1.807) is 17.4 Å². The molecule has 0 bridgehead atoms. The van der Waals surface area contributed by atoms with E-state index < -0.39 is 11.9 Å². The molecule has 1 aliphatic heterocycles. The Bertz CT molecular complexity index is 829. The number of hydrogen-bond acceptors (Lipinski definition) is 7. The quantitative estimate of drug-likeness (QED) is 0.747. The number of benzene rings is 1. The van der Waals surface area contributed by atoms with Crippen molar-refractivity contribution in [2.24, 2.45) is 0 Å². The molecule has 0 saturated heterocycles. The first kappa shape index (κ1) is 17.7. The van der Waals surface area contributed by atoms with E-state index in [1.165, 1.54) is 14.2 Å². The first-order chi connectivity index (χ1) is 12.6. The summed E-state index contributed by atoms with van der Waals surface area (Å²) in [7, 11) is 2.53. The Morgan fingerprint density at radius 3 is 2.73 bits per heavy atom. The van der Waals surface area contributed by atoms with Gasteiger partial charge in [-0.25, -0.2) is 14.6 Å². The third kappa shape index (κ3) is 3.60. The Morgan fingerprint density at radius 1 is 1.23 bits per heavy atom. The van der Waals surface area contributed by atoms with Crippen molar-refractivity contribution < 1.29 is 23.8 Å². The number of imidazole rings is 1. The summed E-state index contributed by atoms with van der Waals surface area (Å²) in [4.78, 5) is 30.0. The van der Waals surface area contributed by atoms with Crippen molar-refractivity contribution in [2.45, 2.75) is 6.54 Å². The van der Waals surface area contributed by atoms with E-state index >= 15 is 0 Å². The molecule has 26 heavy (non-hydrogen) atoms. The number of rotatable bonds is 5. The van der Waals surface area contributed by atoms with Crippen LogP contribution in [0.4, 0.5) is 5.69 Å². The molecule has 0 unspecified atom stereocenters. The lowest BCUT2D eigenvalue weighted by Gasteiger charge is -2.31. The fourth-order valence-corrected chi connectivity index (χ4v) is 2.76. The molecule has 8 nitrogen and oxygen atoms in total. The third-order valence-corrected chi connectivity index (χ3v) is 3.98. The molecule has 136 valence electrons. The molecule has 1 aromatic carbocycles. The van der Waals surface area contributed by atoms with Crippen LogP contribution in [0.5, 0.6) is 0 Å². The molecular formula is C18H19N3O5. The maximum absolute atomic E-state index is 12.3. The Balaban J connectivity index is 1.98. The van der Waals surface area contributed by atoms with Gasteiger partial charge in [-0.05, 0) is 17.7 Å². The predicted molar refractivity (Wildman–Crippen MR) is 92.1 cm³/mol. The molecule has 0 amide bonds. The van der Waals surface area contributed by atoms with Crippen LogP contribution in [0, 0.1) is 0 Å². The molecule has 1 aliphatic rings. The zero-order chi connectivity index (χ0) is 18.5. The number of anilines is 1. The zero-order valence-electron chi connectivity index (χ0n) is 14.5. The first-order valence-electron chi connectivity index (χ1n) is 7.93. The number of ether oxygens (including phenoxy) is 3. The van der Waals surface area contributed by atoms with Crippen LogP contribution in [-0.4, -0.2) is 49.0 Å². The number of methoxy groups -OCH3 is 2. The lowest BCUT2D eigenvalue weighted by Crippen LogP contribution is -2.38. The fourth-order valence-electron chi connectivity index (χ4n) is 2.76. The second-order valence-corrected chi connectivity index (χ2v) is 5.62. The molecule has 0 N–H and O–H groups in total. The second kappa shape index (κ2) is 7.83. The molecule has 8 heteroatoms. The number of esters is 2. The summed E-state index contributed by atoms with van der Waals surface area (Å²) in [5.41, 5.74) is 1.98. The number of carbonyl (C=O) groups excluding carboxylic acids is 2. The molecule has 0 radical (unpaired) electrons. The molecule has 0 saturated carbocycles. The molecule has 0 spiro atoms. The Hall–Kier alpha value is -3.13. The van der Waals surface area contributed by atoms with Crippen LogP contribution in [0.1, 0.15) is 5.56 Å². The number of aromatic nitrogens is 2. The van der Waals surface area contributed by atoms with Crippen LogP contribution < -0.4 is 4.90 Å². The van der Waals surface area contributed by atoms with Crippen molar-refractivity contribution in [1.82, 2.24) is 9.55 Å². The minimum absolute atomic E-state index is 0.0116. The van der Waals surface area contributed by atoms with E-state index in [0.29, 0.717) is 12.2 Å². The van der Waals surface area contributed by atoms with Gasteiger partial charge in [-0.3, -0.25) is 0 Å². The van der Waals surface area contributed by atoms with Crippen LogP contribution in [-0.2, 0) is 30.3 Å². The van der Waals surface area contributed by atoms with Gasteiger partial charge in [0.05, 0.1) is 32.7 Å². The lowest BCUT2D eigenvalue weighted by atomic mass is 10.1. The maximum Gasteiger partial charge on any atom is 0.355 e. The van der Waals surface area contributed by atoms with E-state index in [0.717, 1.165) is 5.56 Å². The SMILES string of the molecule is COC(=O)C1=C(C(=O)OC)N(c2cccc(Cn3ccnc3)c2)COC1. The molecule has 0 atom stereocenters. The fraction of sp³-hybridized carbons (Fsp3) is 0.278. The summed E-state index contributed by atoms with van der Waals surface area (Å²) in [6.45, 7) is 0.742. The summed E-state index contributed by atoms with van der Waals surface area (Å²) in [5.74, 6) is -1.24. The van der Waals surface area contributed by atoms with Crippen molar-refractivity contribution in [3.63, 3.8) is 0 Å². The number of carbonyl (C=O) groups is 2. The van der Waals surface area contributed by atoms with Crippen LogP contribution in [0.3, 0.4) is 0 Å². The highest BCUT2D eigenvalue weighted by Crippen LogP contribution is 2.27. The van der Waals surface area contributed by atoms with Crippen molar-refractivity contribution >= 4 is 17.6 Å². The largest absolute Gasteiger partial charge is 0.466 e. The zero-order valence-corrected chi connectivity index (χ0v) is 14.5. The monoisotopic (exact) mass is 357 g/mol. The summed E-state index contributed by atoms with van der Waals surface area (Å²) >= 11 is 0. The van der Waals surface area contributed by atoms with Crippen molar-refractivity contribution in [3.05, 3.63) is 59.8 Å². The lowest BCUT2D eigenvalue weighted by molar-refractivity contribution is -0.140. The Kier molecular flexibility index (Phi) is 5.33. The molecule has 0 fully saturated rings. The molecular weight excluding hydrogens is 338 g/mol. The van der Waals surface area contributed by atoms with Crippen molar-refractivity contribution in [3.8, 4) is 0 Å². The van der Waals surface area contributed by atoms with Gasteiger partial charge in [-0.15, -0.1) is 0 Å². The molecule has 2 heterocycles. The van der Waals surface area contributed by atoms with Gasteiger partial charge < -0.3 is 23.7 Å². The average Bonchev–Trinajstić information content (AvgIpc) is 3.19. The van der Waals surface area contributed by atoms with Gasteiger partial charge in [-0.1, -0.05) is 12.1 Å². The van der Waals surface area contributed by atoms with Crippen LogP contribution in [0.2, 0.25) is 0 Å². The molecule has 2 aromatic rings. The van der Waals surface area contributed by atoms with Gasteiger partial charge in [-0.2, -0.15) is 0 Å². The topological polar surface area (TPSA) is 82.9 Å². The normalized spacial score (nSPS) is 14.3. The van der Waals surface area contributed by atoms with E-state index in [4.69, 9.17) is 14.2 Å². The number of nitrogens with zero attached hydrogens (tertiary/aromatic N) is 3. The van der Waals surface area contributed by atoms with Gasteiger partial charge in [0, 0.05) is 24.6 Å². The maximum atomic E-state index is 12.3. The molecule has 3 rings (SSSR count). The number of hydrogen-bond donors (Lipinski definition) is 0. The van der Waals surface area contributed by atoms with Gasteiger partial charge >= 0.3 is 11.9 Å². The van der Waals surface area contributed by atoms with Gasteiger partial charge in [0.2, 0.25) is 0 Å². The van der Waals surface area contributed by atoms with Crippen molar-refractivity contribution in [1.29, 1.82) is 0 Å². The Labute approximate surface area is 150 Å². The van der Waals surface area contributed by atoms with Crippen molar-refractivity contribution in [2.75, 3.05) is 32.5 Å². The smallest absolute Gasteiger partial charge is 0.355 e. The molecule has 1 aromatic heterocycles. The molecule has 0 aliphatic carbocycles. The summed E-state index contributed by atoms with van der Waals surface area (Å²) < 4.78 is 17.1. The minimum Gasteiger partial charge on any atom is -0.466 e. The van der Waals surface area contributed by atoms with E-state index in [-0.39, 0.29) is 24.6 Å². The van der Waals surface area contributed by atoms with E-state index in [2.05, 4.69) is 4.98 Å². The third-order valence-electron chi connectivity index (χ3n) is 3.98. The standard InChI is InChI=1S/C18H19N3O5/c1-24-17(22)15-10-26-12-21(16(15)18(23)25-2)14-5-3-4-13(8-14)9-20-7-6-19-11-20/h3-8,11H,9-10,12H2,1-2H3. The van der Waals surface area contributed by atoms with Crippen LogP contribution >= 0.6 is 0 Å². The van der Waals surface area contributed by atoms with Crippen LogP contribution in [0.15, 0.2) is 54.3 Å². The highest BCUT2D eigenvalue weighted by atomic mass is 16.5. The predicted octanol–water partition coefficient (Wildman–Crippen LogP) is 1.33. The van der Waals surface area contributed by atoms with E-state index in [9.17, 15) is 9.59 Å². The summed E-state index contributed by atoms with van der Waals surface area (Å²) in [6, 6.07) is 7.61. The summed E-state index contributed by atoms with van der Waals surface area (Å²) in [6.07, 6.45) is 5.31. The van der Waals surface area contributed by atoms with Gasteiger partial charge in [0.15, 0.2) is 0 Å². The van der Waals surface area contributed by atoms with E-state index in [1.807, 2.05) is 35.0 Å². The highest BCUT2D eigenvalue weighted by molar-refractivity contribution is 6.03. The van der Waals surface area contributed by atoms with Gasteiger partial charge in [0.25, 0.3) is 0 Å². The van der Waals surface area contributed by atoms with Gasteiger partial charge in [0.1, 0.15) is 12.4 Å². The average molecular weight is 357 g/mol. The highest BCUT2D eigenvalue weighted by Gasteiger charge is 2.32. The summed E-state index contributed by atoms with van der Waals surface area (Å²) in [5, 5.41) is 0. The first-order valence-corrected chi connectivity index (χ1v) is 7.93. The minimum atomic E-state index is -0.621.